The second-order valence-electron chi connectivity index (χ2n) is 6.93. The highest BCUT2D eigenvalue weighted by atomic mass is 16.5. The first-order valence-corrected chi connectivity index (χ1v) is 8.36. The summed E-state index contributed by atoms with van der Waals surface area (Å²) >= 11 is 0. The molecule has 6 heteroatoms. The van der Waals surface area contributed by atoms with E-state index in [1.54, 1.807) is 0 Å². The van der Waals surface area contributed by atoms with E-state index in [1.165, 1.54) is 0 Å². The van der Waals surface area contributed by atoms with Crippen LogP contribution < -0.4 is 20.7 Å². The smallest absolute Gasteiger partial charge is 0.262 e. The molecule has 0 spiro atoms. The molecular weight excluding hydrogens is 306 g/mol. The molecule has 6 nitrogen and oxygen atoms in total. The molecule has 1 aliphatic rings. The van der Waals surface area contributed by atoms with Crippen molar-refractivity contribution in [3.8, 4) is 5.75 Å². The lowest BCUT2D eigenvalue weighted by atomic mass is 10.0. The molecule has 0 saturated heterocycles. The van der Waals surface area contributed by atoms with Gasteiger partial charge in [-0.15, -0.1) is 0 Å². The van der Waals surface area contributed by atoms with Gasteiger partial charge in [-0.05, 0) is 51.8 Å². The molecular formula is C18H27N3O3. The maximum absolute atomic E-state index is 12.3. The number of carbonyl (C=O) groups is 2. The molecule has 1 aromatic carbocycles. The fourth-order valence-corrected chi connectivity index (χ4v) is 2.45. The van der Waals surface area contributed by atoms with E-state index in [0.29, 0.717) is 11.4 Å². The quantitative estimate of drug-likeness (QED) is 0.747. The molecule has 0 saturated carbocycles. The maximum atomic E-state index is 12.3. The van der Waals surface area contributed by atoms with Gasteiger partial charge in [-0.1, -0.05) is 13.0 Å². The van der Waals surface area contributed by atoms with E-state index < -0.39 is 0 Å². The number of amides is 2. The summed E-state index contributed by atoms with van der Waals surface area (Å²) in [5.41, 5.74) is 1.43. The van der Waals surface area contributed by atoms with Gasteiger partial charge in [-0.3, -0.25) is 14.9 Å². The van der Waals surface area contributed by atoms with Gasteiger partial charge in [-0.2, -0.15) is 0 Å². The number of fused-ring (bicyclic) bond motifs is 1. The highest BCUT2D eigenvalue weighted by molar-refractivity contribution is 5.95. The fourth-order valence-electron chi connectivity index (χ4n) is 2.45. The van der Waals surface area contributed by atoms with Crippen LogP contribution >= 0.6 is 0 Å². The lowest BCUT2D eigenvalue weighted by Gasteiger charge is -2.28. The summed E-state index contributed by atoms with van der Waals surface area (Å²) < 4.78 is 5.36. The van der Waals surface area contributed by atoms with Crippen molar-refractivity contribution in [2.75, 3.05) is 11.9 Å². The van der Waals surface area contributed by atoms with Gasteiger partial charge in [0.25, 0.3) is 5.91 Å². The van der Waals surface area contributed by atoms with Crippen LogP contribution in [0.5, 0.6) is 5.75 Å². The molecule has 1 aromatic rings. The zero-order chi connectivity index (χ0) is 17.9. The SMILES string of the molecule is CCC(C)(C)NC(=O)C(C)NC(C)c1ccc2c(c1)NC(=O)CO2. The van der Waals surface area contributed by atoms with Gasteiger partial charge in [0.1, 0.15) is 5.75 Å². The largest absolute Gasteiger partial charge is 0.482 e. The average molecular weight is 333 g/mol. The molecule has 3 N–H and O–H groups in total. The molecule has 0 bridgehead atoms. The third-order valence-electron chi connectivity index (χ3n) is 4.38. The van der Waals surface area contributed by atoms with Gasteiger partial charge in [0.05, 0.1) is 11.7 Å². The predicted octanol–water partition coefficient (Wildman–Crippen LogP) is 2.36. The Morgan fingerprint density at radius 3 is 2.75 bits per heavy atom. The Morgan fingerprint density at radius 1 is 1.38 bits per heavy atom. The molecule has 24 heavy (non-hydrogen) atoms. The van der Waals surface area contributed by atoms with Crippen LogP contribution in [-0.4, -0.2) is 30.0 Å². The highest BCUT2D eigenvalue weighted by Gasteiger charge is 2.23. The van der Waals surface area contributed by atoms with Crippen LogP contribution in [0.15, 0.2) is 18.2 Å². The van der Waals surface area contributed by atoms with Crippen LogP contribution in [0.1, 0.15) is 52.6 Å². The van der Waals surface area contributed by atoms with Gasteiger partial charge in [0, 0.05) is 11.6 Å². The van der Waals surface area contributed by atoms with Gasteiger partial charge in [-0.25, -0.2) is 0 Å². The first-order valence-electron chi connectivity index (χ1n) is 8.36. The van der Waals surface area contributed by atoms with E-state index in [2.05, 4.69) is 16.0 Å². The predicted molar refractivity (Wildman–Crippen MR) is 94.1 cm³/mol. The molecule has 0 fully saturated rings. The Bertz CT molecular complexity index is 628. The first kappa shape index (κ1) is 18.3. The molecule has 0 aliphatic carbocycles. The van der Waals surface area contributed by atoms with Crippen LogP contribution in [0, 0.1) is 0 Å². The van der Waals surface area contributed by atoms with Crippen LogP contribution in [-0.2, 0) is 9.59 Å². The molecule has 132 valence electrons. The molecule has 0 radical (unpaired) electrons. The van der Waals surface area contributed by atoms with E-state index in [4.69, 9.17) is 4.74 Å². The lowest BCUT2D eigenvalue weighted by molar-refractivity contribution is -0.124. The molecule has 1 aliphatic heterocycles. The molecule has 2 amide bonds. The normalized spacial score (nSPS) is 16.5. The summed E-state index contributed by atoms with van der Waals surface area (Å²) in [6.45, 7) is 9.94. The Kier molecular flexibility index (Phi) is 5.49. The maximum Gasteiger partial charge on any atom is 0.262 e. The Morgan fingerprint density at radius 2 is 2.08 bits per heavy atom. The summed E-state index contributed by atoms with van der Waals surface area (Å²) in [6.07, 6.45) is 0.867. The highest BCUT2D eigenvalue weighted by Crippen LogP contribution is 2.30. The second kappa shape index (κ2) is 7.21. The number of rotatable bonds is 6. The third-order valence-corrected chi connectivity index (χ3v) is 4.38. The minimum absolute atomic E-state index is 0.0247. The van der Waals surface area contributed by atoms with Crippen molar-refractivity contribution in [2.24, 2.45) is 0 Å². The van der Waals surface area contributed by atoms with Gasteiger partial charge >= 0.3 is 0 Å². The van der Waals surface area contributed by atoms with E-state index in [-0.39, 0.29) is 36.0 Å². The monoisotopic (exact) mass is 333 g/mol. The number of hydrogen-bond donors (Lipinski definition) is 3. The van der Waals surface area contributed by atoms with E-state index >= 15 is 0 Å². The average Bonchev–Trinajstić information content (AvgIpc) is 2.53. The van der Waals surface area contributed by atoms with Gasteiger partial charge in [0.2, 0.25) is 5.91 Å². The van der Waals surface area contributed by atoms with Crippen molar-refractivity contribution in [1.82, 2.24) is 10.6 Å². The molecule has 2 unspecified atom stereocenters. The molecule has 1 heterocycles. The minimum atomic E-state index is -0.326. The number of benzene rings is 1. The lowest BCUT2D eigenvalue weighted by Crippen LogP contribution is -2.51. The summed E-state index contributed by atoms with van der Waals surface area (Å²) in [6, 6.07) is 5.29. The van der Waals surface area contributed by atoms with Gasteiger partial charge in [0.15, 0.2) is 6.61 Å². The standard InChI is InChI=1S/C18H27N3O3/c1-6-18(4,5)21-17(23)12(3)19-11(2)13-7-8-15-14(9-13)20-16(22)10-24-15/h7-9,11-12,19H,6,10H2,1-5H3,(H,20,22)(H,21,23). The van der Waals surface area contributed by atoms with Gasteiger partial charge < -0.3 is 15.4 Å². The summed E-state index contributed by atoms with van der Waals surface area (Å²) in [5, 5.41) is 9.13. The van der Waals surface area contributed by atoms with Crippen LogP contribution in [0.3, 0.4) is 0 Å². The molecule has 2 rings (SSSR count). The van der Waals surface area contributed by atoms with Crippen molar-refractivity contribution in [2.45, 2.75) is 58.7 Å². The van der Waals surface area contributed by atoms with Crippen molar-refractivity contribution >= 4 is 17.5 Å². The van der Waals surface area contributed by atoms with E-state index in [0.717, 1.165) is 12.0 Å². The number of nitrogens with one attached hydrogen (secondary N) is 3. The van der Waals surface area contributed by atoms with E-state index in [9.17, 15) is 9.59 Å². The molecule has 2 atom stereocenters. The minimum Gasteiger partial charge on any atom is -0.482 e. The first-order chi connectivity index (χ1) is 11.2. The zero-order valence-electron chi connectivity index (χ0n) is 15.0. The Balaban J connectivity index is 2.01. The number of ether oxygens (including phenoxy) is 1. The van der Waals surface area contributed by atoms with Crippen LogP contribution in [0.2, 0.25) is 0 Å². The number of anilines is 1. The second-order valence-corrected chi connectivity index (χ2v) is 6.93. The van der Waals surface area contributed by atoms with Crippen molar-refractivity contribution in [3.05, 3.63) is 23.8 Å². The van der Waals surface area contributed by atoms with E-state index in [1.807, 2.05) is 52.8 Å². The Labute approximate surface area is 143 Å². The number of carbonyl (C=O) groups excluding carboxylic acids is 2. The van der Waals surface area contributed by atoms with Crippen LogP contribution in [0.25, 0.3) is 0 Å². The van der Waals surface area contributed by atoms with Crippen LogP contribution in [0.4, 0.5) is 5.69 Å². The molecule has 0 aromatic heterocycles. The summed E-state index contributed by atoms with van der Waals surface area (Å²) in [7, 11) is 0. The fraction of sp³-hybridized carbons (Fsp3) is 0.556. The van der Waals surface area contributed by atoms with Crippen molar-refractivity contribution < 1.29 is 14.3 Å². The summed E-state index contributed by atoms with van der Waals surface area (Å²) in [5.74, 6) is 0.485. The Hall–Kier alpha value is -2.08. The number of hydrogen-bond acceptors (Lipinski definition) is 4. The summed E-state index contributed by atoms with van der Waals surface area (Å²) in [4.78, 5) is 23.7. The van der Waals surface area contributed by atoms with Crippen molar-refractivity contribution in [3.63, 3.8) is 0 Å². The topological polar surface area (TPSA) is 79.5 Å². The zero-order valence-corrected chi connectivity index (χ0v) is 15.0. The third kappa shape index (κ3) is 4.47. The van der Waals surface area contributed by atoms with Crippen molar-refractivity contribution in [1.29, 1.82) is 0 Å².